The van der Waals surface area contributed by atoms with E-state index in [2.05, 4.69) is 53.2 Å². The fraction of sp³-hybridized carbons (Fsp3) is 0.345. The third-order valence-electron chi connectivity index (χ3n) is 8.06. The van der Waals surface area contributed by atoms with E-state index in [-0.39, 0.29) is 6.04 Å². The highest BCUT2D eigenvalue weighted by Crippen LogP contribution is 2.45. The highest BCUT2D eigenvalue weighted by atomic mass is 16.4. The molecule has 3 aromatic carbocycles. The molecule has 1 saturated heterocycles. The summed E-state index contributed by atoms with van der Waals surface area (Å²) >= 11 is 0. The molecule has 6 nitrogen and oxygen atoms in total. The first-order valence-electron chi connectivity index (χ1n) is 12.5. The molecule has 1 aromatic heterocycles. The fourth-order valence-corrected chi connectivity index (χ4v) is 6.60. The number of carboxylic acid groups (broad SMARTS) is 1. The average Bonchev–Trinajstić information content (AvgIpc) is 3.39. The minimum Gasteiger partial charge on any atom is -0.476 e. The van der Waals surface area contributed by atoms with Crippen molar-refractivity contribution in [3.05, 3.63) is 87.8 Å². The van der Waals surface area contributed by atoms with E-state index in [1.165, 1.54) is 21.9 Å². The first kappa shape index (κ1) is 22.0. The predicted molar refractivity (Wildman–Crippen MR) is 137 cm³/mol. The Morgan fingerprint density at radius 2 is 1.86 bits per heavy atom. The maximum absolute atomic E-state index is 13.2. The van der Waals surface area contributed by atoms with Gasteiger partial charge in [-0.3, -0.25) is 9.69 Å². The molecule has 1 aliphatic carbocycles. The predicted octanol–water partition coefficient (Wildman–Crippen LogP) is 5.35. The van der Waals surface area contributed by atoms with Crippen LogP contribution in [0, 0.1) is 0 Å². The van der Waals surface area contributed by atoms with Crippen LogP contribution in [-0.2, 0) is 6.42 Å². The monoisotopic (exact) mass is 467 g/mol. The molecule has 35 heavy (non-hydrogen) atoms. The number of aromatic carboxylic acids is 1. The van der Waals surface area contributed by atoms with Gasteiger partial charge in [0.15, 0.2) is 0 Å². The molecule has 2 heterocycles. The topological polar surface area (TPSA) is 75.4 Å². The van der Waals surface area contributed by atoms with E-state index in [1.54, 1.807) is 10.6 Å². The van der Waals surface area contributed by atoms with Crippen LogP contribution in [0.25, 0.3) is 21.8 Å². The van der Waals surface area contributed by atoms with Crippen molar-refractivity contribution < 1.29 is 9.90 Å². The second kappa shape index (κ2) is 8.31. The fourth-order valence-electron chi connectivity index (χ4n) is 6.60. The Morgan fingerprint density at radius 3 is 2.66 bits per heavy atom. The minimum absolute atomic E-state index is 0.161. The van der Waals surface area contributed by atoms with Crippen LogP contribution in [0.15, 0.2) is 65.5 Å². The molecule has 4 aromatic rings. The molecule has 6 rings (SSSR count). The van der Waals surface area contributed by atoms with Crippen molar-refractivity contribution in [1.29, 1.82) is 0 Å². The van der Waals surface area contributed by atoms with Gasteiger partial charge in [-0.25, -0.2) is 9.78 Å². The molecule has 0 amide bonds. The summed E-state index contributed by atoms with van der Waals surface area (Å²) in [6.07, 6.45) is 3.97. The Labute approximate surface area is 203 Å². The van der Waals surface area contributed by atoms with E-state index in [0.717, 1.165) is 25.7 Å². The van der Waals surface area contributed by atoms with E-state index in [4.69, 9.17) is 0 Å². The number of benzene rings is 3. The van der Waals surface area contributed by atoms with Gasteiger partial charge in [-0.2, -0.15) is 0 Å². The zero-order valence-electron chi connectivity index (χ0n) is 20.0. The van der Waals surface area contributed by atoms with Gasteiger partial charge >= 0.3 is 5.97 Å². The van der Waals surface area contributed by atoms with E-state index in [9.17, 15) is 14.7 Å². The van der Waals surface area contributed by atoms with Crippen LogP contribution in [0.1, 0.15) is 66.8 Å². The first-order valence-corrected chi connectivity index (χ1v) is 12.5. The Balaban J connectivity index is 1.37. The Morgan fingerprint density at radius 1 is 1.09 bits per heavy atom. The van der Waals surface area contributed by atoms with Crippen LogP contribution < -0.4 is 5.56 Å². The van der Waals surface area contributed by atoms with Crippen LogP contribution in [0.2, 0.25) is 0 Å². The lowest BCUT2D eigenvalue weighted by Gasteiger charge is -2.36. The third-order valence-corrected chi connectivity index (χ3v) is 8.06. The Kier molecular flexibility index (Phi) is 5.22. The normalized spacial score (nSPS) is 22.7. The van der Waals surface area contributed by atoms with E-state index in [1.807, 2.05) is 25.1 Å². The van der Waals surface area contributed by atoms with Gasteiger partial charge in [-0.15, -0.1) is 0 Å². The summed E-state index contributed by atoms with van der Waals surface area (Å²) in [5.41, 5.74) is 3.10. The van der Waals surface area contributed by atoms with Crippen LogP contribution in [0.3, 0.4) is 0 Å². The van der Waals surface area contributed by atoms with Gasteiger partial charge in [0.2, 0.25) is 5.69 Å². The number of nitrogens with zero attached hydrogens (tertiary/aromatic N) is 3. The number of fused-ring (bicyclic) bond motifs is 1. The molecule has 0 spiro atoms. The average molecular weight is 468 g/mol. The van der Waals surface area contributed by atoms with Crippen LogP contribution in [0.4, 0.5) is 0 Å². The molecule has 1 N–H and O–H groups in total. The Hall–Kier alpha value is -3.51. The lowest BCUT2D eigenvalue weighted by Crippen LogP contribution is -2.40. The second-order valence-electron chi connectivity index (χ2n) is 10.1. The van der Waals surface area contributed by atoms with Crippen molar-refractivity contribution in [2.24, 2.45) is 0 Å². The van der Waals surface area contributed by atoms with Gasteiger partial charge in [-0.1, -0.05) is 48.5 Å². The highest BCUT2D eigenvalue weighted by molar-refractivity contribution is 5.91. The molecule has 0 bridgehead atoms. The van der Waals surface area contributed by atoms with Crippen molar-refractivity contribution in [1.82, 2.24) is 14.5 Å². The molecule has 1 aliphatic heterocycles. The van der Waals surface area contributed by atoms with E-state index < -0.39 is 17.2 Å². The molecule has 6 heteroatoms. The lowest BCUT2D eigenvalue weighted by molar-refractivity contribution is 0.0687. The minimum atomic E-state index is -1.28. The molecule has 1 fully saturated rings. The maximum atomic E-state index is 13.2. The number of hydrogen-bond donors (Lipinski definition) is 1. The zero-order chi connectivity index (χ0) is 24.3. The maximum Gasteiger partial charge on any atom is 0.360 e. The number of rotatable bonds is 5. The summed E-state index contributed by atoms with van der Waals surface area (Å²) in [7, 11) is 0. The molecular weight excluding hydrogens is 438 g/mol. The summed E-state index contributed by atoms with van der Waals surface area (Å²) in [6.45, 7) is 4.34. The number of hydrogen-bond acceptors (Lipinski definition) is 4. The van der Waals surface area contributed by atoms with Crippen molar-refractivity contribution in [3.63, 3.8) is 0 Å². The molecular formula is C29H29N3O3. The molecule has 4 atom stereocenters. The summed E-state index contributed by atoms with van der Waals surface area (Å²) in [4.78, 5) is 31.8. The van der Waals surface area contributed by atoms with Crippen molar-refractivity contribution in [2.75, 3.05) is 0 Å². The SMILES string of the molecule is CC1CCC(CC(C)n2c(=O)c(C(=O)O)nc3ccccc32)N1C1Cc2cccc3cccc1c23. The number of carboxylic acids is 1. The lowest BCUT2D eigenvalue weighted by atomic mass is 10.0. The van der Waals surface area contributed by atoms with Gasteiger partial charge in [-0.05, 0) is 73.6 Å². The van der Waals surface area contributed by atoms with Gasteiger partial charge in [0.05, 0.1) is 11.0 Å². The van der Waals surface area contributed by atoms with Crippen molar-refractivity contribution in [2.45, 2.75) is 63.7 Å². The molecule has 0 radical (unpaired) electrons. The highest BCUT2D eigenvalue weighted by Gasteiger charge is 2.40. The van der Waals surface area contributed by atoms with Crippen molar-refractivity contribution >= 4 is 27.8 Å². The standard InChI is InChI=1S/C29H29N3O3/c1-17-13-14-21(31(17)25-16-20-9-5-7-19-8-6-10-22(25)26(19)20)15-18(2)32-24-12-4-3-11-23(24)30-27(28(32)33)29(34)35/h3-12,17-18,21,25H,13-16H2,1-2H3,(H,34,35). The van der Waals surface area contributed by atoms with Gasteiger partial charge in [0.25, 0.3) is 5.56 Å². The Bertz CT molecular complexity index is 1520. The van der Waals surface area contributed by atoms with E-state index in [0.29, 0.717) is 29.2 Å². The quantitative estimate of drug-likeness (QED) is 0.428. The largest absolute Gasteiger partial charge is 0.476 e. The number of likely N-dealkylation sites (tertiary alicyclic amines) is 1. The second-order valence-corrected chi connectivity index (χ2v) is 10.1. The van der Waals surface area contributed by atoms with Crippen LogP contribution in [0.5, 0.6) is 0 Å². The first-order chi connectivity index (χ1) is 16.9. The van der Waals surface area contributed by atoms with Crippen LogP contribution >= 0.6 is 0 Å². The summed E-state index contributed by atoms with van der Waals surface area (Å²) in [5, 5.41) is 12.3. The molecule has 4 unspecified atom stereocenters. The third kappa shape index (κ3) is 3.47. The summed E-state index contributed by atoms with van der Waals surface area (Å²) < 4.78 is 1.65. The summed E-state index contributed by atoms with van der Waals surface area (Å²) in [6, 6.07) is 21.5. The molecule has 178 valence electrons. The smallest absolute Gasteiger partial charge is 0.360 e. The zero-order valence-corrected chi connectivity index (χ0v) is 20.0. The number of para-hydroxylation sites is 2. The van der Waals surface area contributed by atoms with E-state index >= 15 is 0 Å². The van der Waals surface area contributed by atoms with Gasteiger partial charge in [0, 0.05) is 24.2 Å². The molecule has 0 saturated carbocycles. The van der Waals surface area contributed by atoms with Gasteiger partial charge < -0.3 is 9.67 Å². The number of aromatic nitrogens is 2. The number of carbonyl (C=O) groups is 1. The van der Waals surface area contributed by atoms with Gasteiger partial charge in [0.1, 0.15) is 0 Å². The van der Waals surface area contributed by atoms with Crippen LogP contribution in [-0.4, -0.2) is 37.6 Å². The van der Waals surface area contributed by atoms with Crippen molar-refractivity contribution in [3.8, 4) is 0 Å². The molecule has 2 aliphatic rings. The summed E-state index contributed by atoms with van der Waals surface area (Å²) in [5.74, 6) is -1.28.